The van der Waals surface area contributed by atoms with E-state index in [9.17, 15) is 13.2 Å². The number of halogens is 3. The molecule has 1 aromatic rings. The summed E-state index contributed by atoms with van der Waals surface area (Å²) in [6, 6.07) is 3.40. The zero-order chi connectivity index (χ0) is 12.8. The number of thioether (sulfide) groups is 1. The summed E-state index contributed by atoms with van der Waals surface area (Å²) in [5, 5.41) is 8.25. The van der Waals surface area contributed by atoms with Gasteiger partial charge in [0, 0.05) is 11.4 Å². The van der Waals surface area contributed by atoms with E-state index in [4.69, 9.17) is 10.8 Å². The molecule has 1 rings (SSSR count). The van der Waals surface area contributed by atoms with Crippen molar-refractivity contribution in [3.63, 3.8) is 0 Å². The smallest absolute Gasteiger partial charge is 0.857 e. The zero-order valence-electron chi connectivity index (χ0n) is 9.97. The van der Waals surface area contributed by atoms with Crippen molar-refractivity contribution in [1.29, 1.82) is 0 Å². The molecule has 0 aliphatic heterocycles. The largest absolute Gasteiger partial charge is 1.00 e. The van der Waals surface area contributed by atoms with Gasteiger partial charge in [-0.25, -0.2) is 0 Å². The Morgan fingerprint density at radius 1 is 1.29 bits per heavy atom. The third-order valence-electron chi connectivity index (χ3n) is 1.77. The van der Waals surface area contributed by atoms with Gasteiger partial charge < -0.3 is 10.8 Å². The Balaban J connectivity index is 0. The van der Waals surface area contributed by atoms with Crippen molar-refractivity contribution >= 4 is 17.4 Å². The van der Waals surface area contributed by atoms with E-state index in [2.05, 4.69) is 0 Å². The maximum Gasteiger partial charge on any atom is 1.00 e. The SMILES string of the molecule is CSCc1cc(C(F)(F)F)ccc1N.C[O-].[Na+]. The molecule has 0 aromatic heterocycles. The molecule has 0 heterocycles. The summed E-state index contributed by atoms with van der Waals surface area (Å²) in [4.78, 5) is 0. The number of nitrogen functional groups attached to an aromatic ring is 1. The zero-order valence-corrected chi connectivity index (χ0v) is 12.8. The van der Waals surface area contributed by atoms with Crippen molar-refractivity contribution in [2.75, 3.05) is 19.1 Å². The molecule has 0 fully saturated rings. The van der Waals surface area contributed by atoms with Gasteiger partial charge >= 0.3 is 35.7 Å². The van der Waals surface area contributed by atoms with Gasteiger partial charge in [0.25, 0.3) is 0 Å². The minimum absolute atomic E-state index is 0. The second kappa shape index (κ2) is 9.10. The monoisotopic (exact) mass is 275 g/mol. The molecule has 2 N–H and O–H groups in total. The summed E-state index contributed by atoms with van der Waals surface area (Å²) < 4.78 is 36.9. The van der Waals surface area contributed by atoms with Crippen LogP contribution in [0.4, 0.5) is 18.9 Å². The van der Waals surface area contributed by atoms with Crippen molar-refractivity contribution < 1.29 is 47.8 Å². The number of rotatable bonds is 2. The van der Waals surface area contributed by atoms with Crippen LogP contribution >= 0.6 is 11.8 Å². The van der Waals surface area contributed by atoms with Gasteiger partial charge in [0.1, 0.15) is 0 Å². The molecule has 0 aliphatic carbocycles. The molecule has 0 amide bonds. The summed E-state index contributed by atoms with van der Waals surface area (Å²) in [5.41, 5.74) is 5.84. The molecular weight excluding hydrogens is 262 g/mol. The minimum atomic E-state index is -4.29. The molecule has 0 spiro atoms. The van der Waals surface area contributed by atoms with E-state index < -0.39 is 11.7 Å². The number of hydrogen-bond acceptors (Lipinski definition) is 3. The van der Waals surface area contributed by atoms with Gasteiger partial charge in [-0.2, -0.15) is 32.0 Å². The molecule has 2 nitrogen and oxygen atoms in total. The second-order valence-electron chi connectivity index (χ2n) is 2.84. The fourth-order valence-electron chi connectivity index (χ4n) is 1.06. The van der Waals surface area contributed by atoms with Crippen LogP contribution in [0.25, 0.3) is 0 Å². The van der Waals surface area contributed by atoms with Crippen molar-refractivity contribution in [1.82, 2.24) is 0 Å². The van der Waals surface area contributed by atoms with Crippen LogP contribution in [0.1, 0.15) is 11.1 Å². The molecule has 0 bridgehead atoms. The van der Waals surface area contributed by atoms with Crippen molar-refractivity contribution in [2.24, 2.45) is 0 Å². The van der Waals surface area contributed by atoms with E-state index in [1.165, 1.54) is 17.8 Å². The normalized spacial score (nSPS) is 10.0. The first-order valence-corrected chi connectivity index (χ1v) is 5.70. The summed E-state index contributed by atoms with van der Waals surface area (Å²) in [5.74, 6) is 0.496. The van der Waals surface area contributed by atoms with E-state index in [0.717, 1.165) is 19.2 Å². The van der Waals surface area contributed by atoms with Gasteiger partial charge in [-0.1, -0.05) is 0 Å². The van der Waals surface area contributed by atoms with Crippen LogP contribution in [0.5, 0.6) is 0 Å². The summed E-state index contributed by atoms with van der Waals surface area (Å²) >= 11 is 1.44. The second-order valence-corrected chi connectivity index (χ2v) is 3.71. The Hall–Kier alpha value is 0.120. The summed E-state index contributed by atoms with van der Waals surface area (Å²) in [7, 11) is 0.750. The van der Waals surface area contributed by atoms with E-state index >= 15 is 0 Å². The third kappa shape index (κ3) is 6.57. The molecule has 17 heavy (non-hydrogen) atoms. The Morgan fingerprint density at radius 3 is 2.24 bits per heavy atom. The Labute approximate surface area is 125 Å². The standard InChI is InChI=1S/C9H10F3NS.CH3O.Na/c1-14-5-6-4-7(9(10,11)12)2-3-8(6)13;1-2;/h2-4H,5,13H2,1H3;1H3;/q;-1;+1. The minimum Gasteiger partial charge on any atom is -0.857 e. The molecule has 1 aromatic carbocycles. The van der Waals surface area contributed by atoms with Gasteiger partial charge in [0.05, 0.1) is 5.56 Å². The fraction of sp³-hybridized carbons (Fsp3) is 0.400. The molecule has 0 aliphatic rings. The van der Waals surface area contributed by atoms with E-state index in [0.29, 0.717) is 17.0 Å². The average Bonchev–Trinajstić information content (AvgIpc) is 2.23. The molecule has 7 heteroatoms. The van der Waals surface area contributed by atoms with Crippen LogP contribution in [0, 0.1) is 0 Å². The van der Waals surface area contributed by atoms with Crippen molar-refractivity contribution in [3.05, 3.63) is 29.3 Å². The van der Waals surface area contributed by atoms with Gasteiger partial charge in [0.2, 0.25) is 0 Å². The van der Waals surface area contributed by atoms with E-state index in [1.54, 1.807) is 0 Å². The first-order valence-electron chi connectivity index (χ1n) is 4.30. The van der Waals surface area contributed by atoms with E-state index in [1.807, 2.05) is 6.26 Å². The van der Waals surface area contributed by atoms with Crippen LogP contribution < -0.4 is 40.4 Å². The maximum absolute atomic E-state index is 12.3. The van der Waals surface area contributed by atoms with Crippen LogP contribution in [0.2, 0.25) is 0 Å². The van der Waals surface area contributed by atoms with Crippen molar-refractivity contribution in [2.45, 2.75) is 11.9 Å². The summed E-state index contributed by atoms with van der Waals surface area (Å²) in [6.45, 7) is 0. The molecule has 0 atom stereocenters. The molecule has 0 saturated carbocycles. The molecule has 0 unspecified atom stereocenters. The average molecular weight is 275 g/mol. The molecule has 0 saturated heterocycles. The predicted octanol–water partition coefficient (Wildman–Crippen LogP) is -0.869. The maximum atomic E-state index is 12.3. The molecular formula is C10H13F3NNaOS. The first-order chi connectivity index (χ1) is 7.45. The number of hydrogen-bond donors (Lipinski definition) is 1. The first kappa shape index (κ1) is 19.5. The van der Waals surface area contributed by atoms with Crippen LogP contribution in [0.15, 0.2) is 18.2 Å². The predicted molar refractivity (Wildman–Crippen MR) is 59.0 cm³/mol. The third-order valence-corrected chi connectivity index (χ3v) is 2.37. The Morgan fingerprint density at radius 2 is 1.82 bits per heavy atom. The number of anilines is 1. The van der Waals surface area contributed by atoms with Crippen LogP contribution in [-0.2, 0) is 11.9 Å². The van der Waals surface area contributed by atoms with Gasteiger partial charge in [0.15, 0.2) is 0 Å². The molecule has 0 radical (unpaired) electrons. The van der Waals surface area contributed by atoms with E-state index in [-0.39, 0.29) is 29.6 Å². The van der Waals surface area contributed by atoms with Crippen molar-refractivity contribution in [3.8, 4) is 0 Å². The van der Waals surface area contributed by atoms with Gasteiger partial charge in [-0.05, 0) is 30.0 Å². The van der Waals surface area contributed by atoms with Crippen LogP contribution in [0.3, 0.4) is 0 Å². The Kier molecular flexibility index (Phi) is 10.4. The molecule has 92 valence electrons. The summed E-state index contributed by atoms with van der Waals surface area (Å²) in [6.07, 6.45) is -2.47. The fourth-order valence-corrected chi connectivity index (χ4v) is 1.62. The quantitative estimate of drug-likeness (QED) is 0.564. The number of nitrogens with two attached hydrogens (primary N) is 1. The Bertz CT molecular complexity index is 334. The van der Waals surface area contributed by atoms with Crippen LogP contribution in [-0.4, -0.2) is 13.4 Å². The topological polar surface area (TPSA) is 49.1 Å². The van der Waals surface area contributed by atoms with Gasteiger partial charge in [-0.3, -0.25) is 0 Å². The number of alkyl halides is 3. The number of benzene rings is 1. The van der Waals surface area contributed by atoms with Gasteiger partial charge in [-0.15, -0.1) is 0 Å².